The van der Waals surface area contributed by atoms with Gasteiger partial charge in [-0.05, 0) is 13.3 Å². The Morgan fingerprint density at radius 1 is 1.58 bits per heavy atom. The second kappa shape index (κ2) is 4.88. The fourth-order valence-corrected chi connectivity index (χ4v) is 2.24. The van der Waals surface area contributed by atoms with Crippen LogP contribution >= 0.6 is 0 Å². The number of alkyl halides is 3. The van der Waals surface area contributed by atoms with Crippen LogP contribution in [0.3, 0.4) is 0 Å². The molecule has 1 N–H and O–H groups in total. The van der Waals surface area contributed by atoms with E-state index in [0.717, 1.165) is 6.26 Å². The Bertz CT molecular complexity index is 478. The van der Waals surface area contributed by atoms with Gasteiger partial charge in [0.1, 0.15) is 17.6 Å². The normalized spacial score (nSPS) is 23.0. The van der Waals surface area contributed by atoms with Gasteiger partial charge >= 0.3 is 12.1 Å². The van der Waals surface area contributed by atoms with Crippen molar-refractivity contribution in [2.24, 2.45) is 5.92 Å². The van der Waals surface area contributed by atoms with Gasteiger partial charge in [-0.2, -0.15) is 13.2 Å². The lowest BCUT2D eigenvalue weighted by molar-refractivity contribution is -0.185. The summed E-state index contributed by atoms with van der Waals surface area (Å²) in [4.78, 5) is 11.6. The molecule has 19 heavy (non-hydrogen) atoms. The molecule has 0 amide bonds. The van der Waals surface area contributed by atoms with Crippen LogP contribution in [0.25, 0.3) is 0 Å². The van der Waals surface area contributed by atoms with Crippen molar-refractivity contribution in [3.05, 3.63) is 23.2 Å². The number of furan rings is 1. The van der Waals surface area contributed by atoms with Crippen molar-refractivity contribution in [2.75, 3.05) is 6.61 Å². The SMILES string of the molecule is CCOC(=O)c1coc2c1[C@H](O)C[C@@H](C(F)(F)F)C2. The number of carbonyl (C=O) groups is 1. The van der Waals surface area contributed by atoms with Gasteiger partial charge in [0.05, 0.1) is 18.6 Å². The summed E-state index contributed by atoms with van der Waals surface area (Å²) in [6.07, 6.45) is -5.55. The van der Waals surface area contributed by atoms with Crippen LogP contribution in [0.4, 0.5) is 13.2 Å². The number of hydrogen-bond donors (Lipinski definition) is 1. The Morgan fingerprint density at radius 2 is 2.26 bits per heavy atom. The van der Waals surface area contributed by atoms with E-state index >= 15 is 0 Å². The summed E-state index contributed by atoms with van der Waals surface area (Å²) < 4.78 is 47.7. The molecule has 2 atom stereocenters. The average molecular weight is 278 g/mol. The Morgan fingerprint density at radius 3 is 2.84 bits per heavy atom. The molecule has 0 fully saturated rings. The molecule has 0 radical (unpaired) electrons. The smallest absolute Gasteiger partial charge is 0.392 e. The molecule has 0 unspecified atom stereocenters. The molecule has 1 aromatic rings. The van der Waals surface area contributed by atoms with Crippen molar-refractivity contribution in [3.63, 3.8) is 0 Å². The molecule has 0 bridgehead atoms. The third-order valence-electron chi connectivity index (χ3n) is 3.14. The molecule has 106 valence electrons. The minimum atomic E-state index is -4.39. The molecule has 0 saturated carbocycles. The zero-order chi connectivity index (χ0) is 14.2. The highest BCUT2D eigenvalue weighted by Crippen LogP contribution is 2.43. The van der Waals surface area contributed by atoms with Crippen molar-refractivity contribution in [1.29, 1.82) is 0 Å². The predicted octanol–water partition coefficient (Wildman–Crippen LogP) is 2.61. The molecule has 0 spiro atoms. The third-order valence-corrected chi connectivity index (χ3v) is 3.14. The average Bonchev–Trinajstić information content (AvgIpc) is 2.72. The van der Waals surface area contributed by atoms with Crippen molar-refractivity contribution in [2.45, 2.75) is 32.0 Å². The molecule has 2 rings (SSSR count). The van der Waals surface area contributed by atoms with E-state index < -0.39 is 30.6 Å². The molecule has 4 nitrogen and oxygen atoms in total. The fourth-order valence-electron chi connectivity index (χ4n) is 2.24. The lowest BCUT2D eigenvalue weighted by atomic mass is 9.84. The van der Waals surface area contributed by atoms with Crippen LogP contribution in [-0.2, 0) is 11.2 Å². The summed E-state index contributed by atoms with van der Waals surface area (Å²) in [5.41, 5.74) is 0.129. The number of halogens is 3. The van der Waals surface area contributed by atoms with Gasteiger partial charge < -0.3 is 14.3 Å². The molecular formula is C12H13F3O4. The summed E-state index contributed by atoms with van der Waals surface area (Å²) >= 11 is 0. The van der Waals surface area contributed by atoms with E-state index in [1.54, 1.807) is 6.92 Å². The number of esters is 1. The van der Waals surface area contributed by atoms with Gasteiger partial charge in [-0.3, -0.25) is 0 Å². The van der Waals surface area contributed by atoms with Crippen molar-refractivity contribution >= 4 is 5.97 Å². The van der Waals surface area contributed by atoms with Crippen LogP contribution in [0.15, 0.2) is 10.7 Å². The van der Waals surface area contributed by atoms with E-state index in [4.69, 9.17) is 9.15 Å². The van der Waals surface area contributed by atoms with E-state index in [1.807, 2.05) is 0 Å². The zero-order valence-electron chi connectivity index (χ0n) is 10.2. The molecule has 0 aromatic carbocycles. The highest BCUT2D eigenvalue weighted by atomic mass is 19.4. The quantitative estimate of drug-likeness (QED) is 0.845. The highest BCUT2D eigenvalue weighted by molar-refractivity contribution is 5.91. The topological polar surface area (TPSA) is 59.7 Å². The number of carbonyl (C=O) groups excluding carboxylic acids is 1. The number of fused-ring (bicyclic) bond motifs is 1. The first-order valence-corrected chi connectivity index (χ1v) is 5.86. The van der Waals surface area contributed by atoms with Crippen LogP contribution in [0, 0.1) is 5.92 Å². The molecule has 0 aliphatic heterocycles. The van der Waals surface area contributed by atoms with E-state index in [9.17, 15) is 23.1 Å². The summed E-state index contributed by atoms with van der Waals surface area (Å²) in [5, 5.41) is 9.81. The maximum absolute atomic E-state index is 12.7. The lowest BCUT2D eigenvalue weighted by Crippen LogP contribution is -2.31. The van der Waals surface area contributed by atoms with Crippen molar-refractivity contribution in [1.82, 2.24) is 0 Å². The van der Waals surface area contributed by atoms with Gasteiger partial charge in [-0.1, -0.05) is 0 Å². The van der Waals surface area contributed by atoms with Crippen LogP contribution in [0.2, 0.25) is 0 Å². The maximum Gasteiger partial charge on any atom is 0.392 e. The summed E-state index contributed by atoms with van der Waals surface area (Å²) in [6.45, 7) is 1.75. The van der Waals surface area contributed by atoms with E-state index in [0.29, 0.717) is 0 Å². The van der Waals surface area contributed by atoms with Crippen LogP contribution in [0.1, 0.15) is 41.1 Å². The van der Waals surface area contributed by atoms with E-state index in [2.05, 4.69) is 0 Å². The van der Waals surface area contributed by atoms with Crippen LogP contribution in [-0.4, -0.2) is 23.9 Å². The first kappa shape index (κ1) is 13.9. The van der Waals surface area contributed by atoms with Gasteiger partial charge in [-0.25, -0.2) is 4.79 Å². The first-order valence-electron chi connectivity index (χ1n) is 5.86. The first-order chi connectivity index (χ1) is 8.84. The predicted molar refractivity (Wildman–Crippen MR) is 57.5 cm³/mol. The molecule has 7 heteroatoms. The Kier molecular flexibility index (Phi) is 3.58. The van der Waals surface area contributed by atoms with Gasteiger partial charge in [0.25, 0.3) is 0 Å². The second-order valence-electron chi connectivity index (χ2n) is 4.40. The Balaban J connectivity index is 2.30. The molecule has 1 aromatic heterocycles. The summed E-state index contributed by atoms with van der Waals surface area (Å²) in [6, 6.07) is 0. The summed E-state index contributed by atoms with van der Waals surface area (Å²) in [7, 11) is 0. The lowest BCUT2D eigenvalue weighted by Gasteiger charge is -2.27. The number of hydrogen-bond acceptors (Lipinski definition) is 4. The standard InChI is InChI=1S/C12H13F3O4/c1-2-18-11(17)7-5-19-9-4-6(12(13,14)15)3-8(16)10(7)9/h5-6,8,16H,2-4H2,1H3/t6-,8-/m1/s1. The van der Waals surface area contributed by atoms with Gasteiger partial charge in [0, 0.05) is 12.0 Å². The maximum atomic E-state index is 12.7. The molecule has 0 saturated heterocycles. The molecular weight excluding hydrogens is 265 g/mol. The third kappa shape index (κ3) is 2.60. The molecule has 1 aliphatic carbocycles. The molecule has 1 heterocycles. The van der Waals surface area contributed by atoms with Gasteiger partial charge in [-0.15, -0.1) is 0 Å². The number of ether oxygens (including phenoxy) is 1. The van der Waals surface area contributed by atoms with Crippen LogP contribution < -0.4 is 0 Å². The second-order valence-corrected chi connectivity index (χ2v) is 4.40. The van der Waals surface area contributed by atoms with Gasteiger partial charge in [0.15, 0.2) is 0 Å². The van der Waals surface area contributed by atoms with Gasteiger partial charge in [0.2, 0.25) is 0 Å². The van der Waals surface area contributed by atoms with E-state index in [1.165, 1.54) is 0 Å². The Labute approximate surface area is 107 Å². The van der Waals surface area contributed by atoms with Crippen molar-refractivity contribution < 1.29 is 32.2 Å². The van der Waals surface area contributed by atoms with Crippen LogP contribution in [0.5, 0.6) is 0 Å². The number of aliphatic hydroxyl groups is 1. The largest absolute Gasteiger partial charge is 0.468 e. The number of aliphatic hydroxyl groups excluding tert-OH is 1. The highest BCUT2D eigenvalue weighted by Gasteiger charge is 2.46. The monoisotopic (exact) mass is 278 g/mol. The minimum absolute atomic E-state index is 0.00382. The van der Waals surface area contributed by atoms with E-state index in [-0.39, 0.29) is 29.9 Å². The number of rotatable bonds is 2. The summed E-state index contributed by atoms with van der Waals surface area (Å²) in [5.74, 6) is -2.35. The Hall–Kier alpha value is -1.50. The minimum Gasteiger partial charge on any atom is -0.468 e. The van der Waals surface area contributed by atoms with Crippen molar-refractivity contribution in [3.8, 4) is 0 Å². The fraction of sp³-hybridized carbons (Fsp3) is 0.583. The zero-order valence-corrected chi connectivity index (χ0v) is 10.2. The molecule has 1 aliphatic rings.